The topological polar surface area (TPSA) is 22.1 Å². The van der Waals surface area contributed by atoms with E-state index in [1.165, 1.54) is 0 Å². The van der Waals surface area contributed by atoms with Crippen molar-refractivity contribution in [2.24, 2.45) is 0 Å². The first-order valence-electron chi connectivity index (χ1n) is 4.66. The predicted octanol–water partition coefficient (Wildman–Crippen LogP) is 4.06. The lowest BCUT2D eigenvalue weighted by atomic mass is 10.1. The van der Waals surface area contributed by atoms with Gasteiger partial charge < -0.3 is 4.74 Å². The Morgan fingerprint density at radius 3 is 2.06 bits per heavy atom. The summed E-state index contributed by atoms with van der Waals surface area (Å²) in [7, 11) is 1.63. The van der Waals surface area contributed by atoms with Crippen LogP contribution in [0.15, 0.2) is 36.7 Å². The first kappa shape index (κ1) is 11.2. The van der Waals surface area contributed by atoms with Gasteiger partial charge in [-0.2, -0.15) is 0 Å². The molecule has 1 heterocycles. The van der Waals surface area contributed by atoms with E-state index >= 15 is 0 Å². The van der Waals surface area contributed by atoms with Crippen molar-refractivity contribution in [3.8, 4) is 16.9 Å². The average molecular weight is 254 g/mol. The Labute approximate surface area is 104 Å². The van der Waals surface area contributed by atoms with Gasteiger partial charge in [0.25, 0.3) is 0 Å². The van der Waals surface area contributed by atoms with E-state index in [9.17, 15) is 0 Å². The number of hydrogen-bond donors (Lipinski definition) is 0. The summed E-state index contributed by atoms with van der Waals surface area (Å²) < 4.78 is 5.09. The van der Waals surface area contributed by atoms with Crippen molar-refractivity contribution in [2.45, 2.75) is 0 Å². The molecule has 0 atom stereocenters. The van der Waals surface area contributed by atoms with E-state index in [-0.39, 0.29) is 0 Å². The molecule has 0 unspecified atom stereocenters. The minimum absolute atomic E-state index is 0.540. The molecule has 0 radical (unpaired) electrons. The second kappa shape index (κ2) is 4.73. The second-order valence-corrected chi connectivity index (χ2v) is 4.02. The summed E-state index contributed by atoms with van der Waals surface area (Å²) in [5.74, 6) is 0.796. The maximum atomic E-state index is 6.06. The van der Waals surface area contributed by atoms with Crippen LogP contribution in [0, 0.1) is 0 Å². The second-order valence-electron chi connectivity index (χ2n) is 3.21. The van der Waals surface area contributed by atoms with E-state index in [1.807, 2.05) is 24.3 Å². The van der Waals surface area contributed by atoms with Crippen molar-refractivity contribution in [3.05, 3.63) is 46.7 Å². The Bertz CT molecular complexity index is 477. The molecule has 0 N–H and O–H groups in total. The Morgan fingerprint density at radius 1 is 1.00 bits per heavy atom. The van der Waals surface area contributed by atoms with Crippen LogP contribution >= 0.6 is 23.2 Å². The van der Waals surface area contributed by atoms with Crippen molar-refractivity contribution in [1.29, 1.82) is 0 Å². The van der Waals surface area contributed by atoms with Crippen LogP contribution in [-0.2, 0) is 0 Å². The SMILES string of the molecule is COc1ccc(-c2c(Cl)cncc2Cl)cc1. The van der Waals surface area contributed by atoms with Gasteiger partial charge >= 0.3 is 0 Å². The van der Waals surface area contributed by atoms with E-state index in [0.29, 0.717) is 10.0 Å². The normalized spacial score (nSPS) is 10.2. The van der Waals surface area contributed by atoms with Crippen LogP contribution in [0.4, 0.5) is 0 Å². The highest BCUT2D eigenvalue weighted by Crippen LogP contribution is 2.34. The largest absolute Gasteiger partial charge is 0.497 e. The fourth-order valence-corrected chi connectivity index (χ4v) is 2.03. The van der Waals surface area contributed by atoms with E-state index in [0.717, 1.165) is 16.9 Å². The monoisotopic (exact) mass is 253 g/mol. The van der Waals surface area contributed by atoms with Crippen molar-refractivity contribution < 1.29 is 4.74 Å². The quantitative estimate of drug-likeness (QED) is 0.806. The Balaban J connectivity index is 2.50. The van der Waals surface area contributed by atoms with Crippen molar-refractivity contribution in [2.75, 3.05) is 7.11 Å². The van der Waals surface area contributed by atoms with Gasteiger partial charge in [0, 0.05) is 18.0 Å². The average Bonchev–Trinajstić information content (AvgIpc) is 2.30. The van der Waals surface area contributed by atoms with Crippen LogP contribution in [-0.4, -0.2) is 12.1 Å². The van der Waals surface area contributed by atoms with Gasteiger partial charge in [-0.1, -0.05) is 35.3 Å². The molecule has 1 aromatic carbocycles. The first-order chi connectivity index (χ1) is 7.72. The number of halogens is 2. The third kappa shape index (κ3) is 2.13. The van der Waals surface area contributed by atoms with Gasteiger partial charge in [-0.3, -0.25) is 4.98 Å². The molecule has 0 aliphatic carbocycles. The molecule has 0 saturated heterocycles. The predicted molar refractivity (Wildman–Crippen MR) is 66.2 cm³/mol. The van der Waals surface area contributed by atoms with E-state index in [4.69, 9.17) is 27.9 Å². The summed E-state index contributed by atoms with van der Waals surface area (Å²) in [6.07, 6.45) is 3.15. The van der Waals surface area contributed by atoms with Crippen LogP contribution in [0.2, 0.25) is 10.0 Å². The van der Waals surface area contributed by atoms with E-state index in [2.05, 4.69) is 4.98 Å². The van der Waals surface area contributed by atoms with Crippen LogP contribution < -0.4 is 4.74 Å². The van der Waals surface area contributed by atoms with Crippen molar-refractivity contribution >= 4 is 23.2 Å². The summed E-state index contributed by atoms with van der Waals surface area (Å²) in [5, 5.41) is 1.08. The fraction of sp³-hybridized carbons (Fsp3) is 0.0833. The smallest absolute Gasteiger partial charge is 0.118 e. The summed E-state index contributed by atoms with van der Waals surface area (Å²) in [4.78, 5) is 3.92. The summed E-state index contributed by atoms with van der Waals surface area (Å²) >= 11 is 12.1. The number of nitrogens with zero attached hydrogens (tertiary/aromatic N) is 1. The highest BCUT2D eigenvalue weighted by atomic mass is 35.5. The zero-order valence-corrected chi connectivity index (χ0v) is 10.1. The summed E-state index contributed by atoms with van der Waals surface area (Å²) in [6, 6.07) is 7.54. The number of benzene rings is 1. The number of ether oxygens (including phenoxy) is 1. The summed E-state index contributed by atoms with van der Waals surface area (Å²) in [5.41, 5.74) is 1.74. The van der Waals surface area contributed by atoms with Crippen molar-refractivity contribution in [1.82, 2.24) is 4.98 Å². The Kier molecular flexibility index (Phi) is 3.32. The molecule has 82 valence electrons. The molecule has 0 amide bonds. The number of pyridine rings is 1. The molecule has 4 heteroatoms. The minimum atomic E-state index is 0.540. The third-order valence-electron chi connectivity index (χ3n) is 2.23. The molecule has 16 heavy (non-hydrogen) atoms. The van der Waals surface area contributed by atoms with Gasteiger partial charge in [0.05, 0.1) is 17.2 Å². The highest BCUT2D eigenvalue weighted by Gasteiger charge is 2.08. The van der Waals surface area contributed by atoms with Crippen molar-refractivity contribution in [3.63, 3.8) is 0 Å². The molecular weight excluding hydrogens is 245 g/mol. The standard InChI is InChI=1S/C12H9Cl2NO/c1-16-9-4-2-8(3-5-9)12-10(13)6-15-7-11(12)14/h2-7H,1H3. The number of aromatic nitrogens is 1. The van der Waals surface area contributed by atoms with Gasteiger partial charge in [0.2, 0.25) is 0 Å². The molecule has 1 aromatic heterocycles. The van der Waals surface area contributed by atoms with Gasteiger partial charge in [0.1, 0.15) is 5.75 Å². The molecule has 0 spiro atoms. The lowest BCUT2D eigenvalue weighted by Gasteiger charge is -2.07. The number of methoxy groups -OCH3 is 1. The van der Waals surface area contributed by atoms with Crippen LogP contribution in [0.5, 0.6) is 5.75 Å². The number of hydrogen-bond acceptors (Lipinski definition) is 2. The fourth-order valence-electron chi connectivity index (χ4n) is 1.44. The molecule has 2 aromatic rings. The van der Waals surface area contributed by atoms with Gasteiger partial charge in [0.15, 0.2) is 0 Å². The zero-order chi connectivity index (χ0) is 11.5. The lowest BCUT2D eigenvalue weighted by Crippen LogP contribution is -1.85. The zero-order valence-electron chi connectivity index (χ0n) is 8.58. The Hall–Kier alpha value is -1.25. The molecule has 0 saturated carbocycles. The number of rotatable bonds is 2. The maximum absolute atomic E-state index is 6.06. The summed E-state index contributed by atoms with van der Waals surface area (Å²) in [6.45, 7) is 0. The van der Waals surface area contributed by atoms with Crippen LogP contribution in [0.1, 0.15) is 0 Å². The highest BCUT2D eigenvalue weighted by molar-refractivity contribution is 6.38. The molecule has 2 nitrogen and oxygen atoms in total. The molecule has 0 aliphatic heterocycles. The minimum Gasteiger partial charge on any atom is -0.497 e. The third-order valence-corrected chi connectivity index (χ3v) is 2.81. The van der Waals surface area contributed by atoms with Crippen LogP contribution in [0.3, 0.4) is 0 Å². The molecular formula is C12H9Cl2NO. The molecule has 2 rings (SSSR count). The molecule has 0 aliphatic rings. The maximum Gasteiger partial charge on any atom is 0.118 e. The molecule has 0 bridgehead atoms. The van der Waals surface area contributed by atoms with Gasteiger partial charge in [-0.25, -0.2) is 0 Å². The van der Waals surface area contributed by atoms with E-state index < -0.39 is 0 Å². The van der Waals surface area contributed by atoms with Gasteiger partial charge in [-0.05, 0) is 17.7 Å². The van der Waals surface area contributed by atoms with Gasteiger partial charge in [-0.15, -0.1) is 0 Å². The van der Waals surface area contributed by atoms with Crippen LogP contribution in [0.25, 0.3) is 11.1 Å². The first-order valence-corrected chi connectivity index (χ1v) is 5.41. The lowest BCUT2D eigenvalue weighted by molar-refractivity contribution is 0.415. The Morgan fingerprint density at radius 2 is 1.56 bits per heavy atom. The molecule has 0 fully saturated rings. The van der Waals surface area contributed by atoms with E-state index in [1.54, 1.807) is 19.5 Å².